The molecule has 0 bridgehead atoms. The van der Waals surface area contributed by atoms with Gasteiger partial charge in [0.2, 0.25) is 0 Å². The van der Waals surface area contributed by atoms with Crippen LogP contribution in [0.1, 0.15) is 34.3 Å². The van der Waals surface area contributed by atoms with Crippen LogP contribution >= 0.6 is 0 Å². The summed E-state index contributed by atoms with van der Waals surface area (Å²) in [7, 11) is 3.88. The van der Waals surface area contributed by atoms with Crippen LogP contribution in [-0.4, -0.2) is 44.2 Å². The van der Waals surface area contributed by atoms with Gasteiger partial charge in [0.1, 0.15) is 0 Å². The van der Waals surface area contributed by atoms with E-state index in [0.717, 1.165) is 36.2 Å². The Morgan fingerprint density at radius 2 is 1.86 bits per heavy atom. The maximum absolute atomic E-state index is 13.1. The van der Waals surface area contributed by atoms with Crippen molar-refractivity contribution in [2.24, 2.45) is 0 Å². The van der Waals surface area contributed by atoms with Crippen LogP contribution in [0.5, 0.6) is 0 Å². The minimum absolute atomic E-state index is 0.0303. The molecule has 1 fully saturated rings. The second-order valence-electron chi connectivity index (χ2n) is 7.46. The molecule has 0 N–H and O–H groups in total. The van der Waals surface area contributed by atoms with Crippen LogP contribution in [0.4, 0.5) is 18.9 Å². The van der Waals surface area contributed by atoms with Crippen LogP contribution in [0.25, 0.3) is 0 Å². The van der Waals surface area contributed by atoms with Crippen LogP contribution < -0.4 is 4.90 Å². The molecule has 1 heterocycles. The quantitative estimate of drug-likeness (QED) is 0.703. The van der Waals surface area contributed by atoms with Gasteiger partial charge in [0.25, 0.3) is 5.91 Å². The first-order valence-corrected chi connectivity index (χ1v) is 9.58. The zero-order chi connectivity index (χ0) is 21.0. The summed E-state index contributed by atoms with van der Waals surface area (Å²) in [5.74, 6) is -0.428. The predicted molar refractivity (Wildman–Crippen MR) is 106 cm³/mol. The lowest BCUT2D eigenvalue weighted by molar-refractivity contribution is -0.137. The Hall–Kier alpha value is -2.54. The average molecular weight is 406 g/mol. The van der Waals surface area contributed by atoms with Crippen molar-refractivity contribution in [2.75, 3.05) is 32.1 Å². The molecule has 29 heavy (non-hydrogen) atoms. The van der Waals surface area contributed by atoms with Gasteiger partial charge in [0, 0.05) is 45.0 Å². The third-order valence-corrected chi connectivity index (χ3v) is 5.00. The zero-order valence-corrected chi connectivity index (χ0v) is 16.6. The number of carbonyl (C=O) groups is 1. The summed E-state index contributed by atoms with van der Waals surface area (Å²) in [5.41, 5.74) is 1.15. The van der Waals surface area contributed by atoms with Crippen molar-refractivity contribution in [1.29, 1.82) is 0 Å². The molecule has 0 aromatic heterocycles. The number of ether oxygens (including phenoxy) is 1. The second kappa shape index (κ2) is 8.86. The van der Waals surface area contributed by atoms with Crippen molar-refractivity contribution in [3.63, 3.8) is 0 Å². The second-order valence-corrected chi connectivity index (χ2v) is 7.46. The highest BCUT2D eigenvalue weighted by Gasteiger charge is 2.32. The molecule has 0 radical (unpaired) electrons. The van der Waals surface area contributed by atoms with Crippen molar-refractivity contribution < 1.29 is 22.7 Å². The topological polar surface area (TPSA) is 32.8 Å². The lowest BCUT2D eigenvalue weighted by Gasteiger charge is -2.26. The van der Waals surface area contributed by atoms with Crippen LogP contribution in [0, 0.1) is 0 Å². The van der Waals surface area contributed by atoms with E-state index in [2.05, 4.69) is 0 Å². The standard InChI is InChI=1S/C22H25F3N2O2/c1-26(2)19-10-8-16(9-11-19)14-27(15-20-7-4-12-29-20)21(28)17-5-3-6-18(13-17)22(23,24)25/h3,5-6,8-11,13,20H,4,7,12,14-15H2,1-2H3. The molecule has 1 unspecified atom stereocenters. The Morgan fingerprint density at radius 1 is 1.14 bits per heavy atom. The lowest BCUT2D eigenvalue weighted by atomic mass is 10.1. The largest absolute Gasteiger partial charge is 0.416 e. The van der Waals surface area contributed by atoms with Gasteiger partial charge in [-0.05, 0) is 48.7 Å². The predicted octanol–water partition coefficient (Wildman–Crippen LogP) is 4.59. The summed E-state index contributed by atoms with van der Waals surface area (Å²) in [5, 5.41) is 0. The van der Waals surface area contributed by atoms with Gasteiger partial charge in [-0.25, -0.2) is 0 Å². The maximum Gasteiger partial charge on any atom is 0.416 e. The van der Waals surface area contributed by atoms with Gasteiger partial charge in [-0.1, -0.05) is 18.2 Å². The summed E-state index contributed by atoms with van der Waals surface area (Å²) >= 11 is 0. The van der Waals surface area contributed by atoms with Gasteiger partial charge in [0.15, 0.2) is 0 Å². The number of nitrogens with zero attached hydrogens (tertiary/aromatic N) is 2. The van der Waals surface area contributed by atoms with Crippen molar-refractivity contribution >= 4 is 11.6 Å². The summed E-state index contributed by atoms with van der Waals surface area (Å²) in [6, 6.07) is 12.3. The van der Waals surface area contributed by atoms with Crippen molar-refractivity contribution in [1.82, 2.24) is 4.90 Å². The molecular weight excluding hydrogens is 381 g/mol. The molecular formula is C22H25F3N2O2. The van der Waals surface area contributed by atoms with Gasteiger partial charge in [-0.3, -0.25) is 4.79 Å². The Labute approximate surface area is 168 Å². The van der Waals surface area contributed by atoms with Crippen LogP contribution in [0.2, 0.25) is 0 Å². The average Bonchev–Trinajstić information content (AvgIpc) is 3.20. The van der Waals surface area contributed by atoms with E-state index in [1.807, 2.05) is 43.3 Å². The molecule has 2 aromatic rings. The normalized spacial score (nSPS) is 16.7. The van der Waals surface area contributed by atoms with E-state index < -0.39 is 17.6 Å². The van der Waals surface area contributed by atoms with Gasteiger partial charge in [-0.2, -0.15) is 13.2 Å². The molecule has 156 valence electrons. The fourth-order valence-corrected chi connectivity index (χ4v) is 3.38. The van der Waals surface area contributed by atoms with Gasteiger partial charge >= 0.3 is 6.18 Å². The highest BCUT2D eigenvalue weighted by molar-refractivity contribution is 5.94. The van der Waals surface area contributed by atoms with Crippen LogP contribution in [0.3, 0.4) is 0 Å². The minimum Gasteiger partial charge on any atom is -0.378 e. The molecule has 7 heteroatoms. The SMILES string of the molecule is CN(C)c1ccc(CN(CC2CCCO2)C(=O)c2cccc(C(F)(F)F)c2)cc1. The molecule has 0 spiro atoms. The number of benzene rings is 2. The Bertz CT molecular complexity index is 829. The smallest absolute Gasteiger partial charge is 0.378 e. The molecule has 3 rings (SSSR count). The van der Waals surface area contributed by atoms with E-state index in [9.17, 15) is 18.0 Å². The van der Waals surface area contributed by atoms with E-state index in [1.54, 1.807) is 4.90 Å². The number of halogens is 3. The number of hydrogen-bond acceptors (Lipinski definition) is 3. The Balaban J connectivity index is 1.83. The molecule has 0 saturated carbocycles. The van der Waals surface area contributed by atoms with Crippen molar-refractivity contribution in [2.45, 2.75) is 31.7 Å². The summed E-state index contributed by atoms with van der Waals surface area (Å²) in [6.07, 6.45) is -2.82. The molecule has 1 aliphatic rings. The highest BCUT2D eigenvalue weighted by Crippen LogP contribution is 2.30. The Morgan fingerprint density at radius 3 is 2.45 bits per heavy atom. The van der Waals surface area contributed by atoms with E-state index in [0.29, 0.717) is 19.7 Å². The molecule has 1 atom stereocenters. The minimum atomic E-state index is -4.49. The number of alkyl halides is 3. The first-order chi connectivity index (χ1) is 13.7. The molecule has 1 aliphatic heterocycles. The molecule has 4 nitrogen and oxygen atoms in total. The van der Waals surface area contributed by atoms with E-state index in [4.69, 9.17) is 4.74 Å². The third-order valence-electron chi connectivity index (χ3n) is 5.00. The van der Waals surface area contributed by atoms with Crippen LogP contribution in [0.15, 0.2) is 48.5 Å². The van der Waals surface area contributed by atoms with E-state index in [-0.39, 0.29) is 11.7 Å². The van der Waals surface area contributed by atoms with Crippen molar-refractivity contribution in [3.8, 4) is 0 Å². The van der Waals surface area contributed by atoms with Gasteiger partial charge in [0.05, 0.1) is 11.7 Å². The van der Waals surface area contributed by atoms with Gasteiger partial charge in [-0.15, -0.1) is 0 Å². The number of hydrogen-bond donors (Lipinski definition) is 0. The number of amides is 1. The summed E-state index contributed by atoms with van der Waals surface area (Å²) in [4.78, 5) is 16.6. The molecule has 1 amide bonds. The molecule has 1 saturated heterocycles. The van der Waals surface area contributed by atoms with E-state index >= 15 is 0 Å². The lowest BCUT2D eigenvalue weighted by Crippen LogP contribution is -2.37. The fourth-order valence-electron chi connectivity index (χ4n) is 3.38. The highest BCUT2D eigenvalue weighted by atomic mass is 19.4. The fraction of sp³-hybridized carbons (Fsp3) is 0.409. The van der Waals surface area contributed by atoms with E-state index in [1.165, 1.54) is 12.1 Å². The summed E-state index contributed by atoms with van der Waals surface area (Å²) in [6.45, 7) is 1.31. The van der Waals surface area contributed by atoms with Gasteiger partial charge < -0.3 is 14.5 Å². The summed E-state index contributed by atoms with van der Waals surface area (Å²) < 4.78 is 44.8. The number of rotatable bonds is 6. The Kier molecular flexibility index (Phi) is 6.47. The first kappa shape index (κ1) is 21.2. The van der Waals surface area contributed by atoms with Crippen molar-refractivity contribution in [3.05, 3.63) is 65.2 Å². The zero-order valence-electron chi connectivity index (χ0n) is 16.6. The first-order valence-electron chi connectivity index (χ1n) is 9.58. The number of carbonyl (C=O) groups excluding carboxylic acids is 1. The monoisotopic (exact) mass is 406 g/mol. The molecule has 2 aromatic carbocycles. The third kappa shape index (κ3) is 5.50. The number of anilines is 1. The van der Waals surface area contributed by atoms with Crippen LogP contribution in [-0.2, 0) is 17.5 Å². The maximum atomic E-state index is 13.1. The molecule has 0 aliphatic carbocycles.